The molecule has 0 heterocycles. The molecular formula is C6H14NO6P. The highest BCUT2D eigenvalue weighted by molar-refractivity contribution is 7.46. The van der Waals surface area contributed by atoms with Crippen LogP contribution in [0.3, 0.4) is 0 Å². The van der Waals surface area contributed by atoms with E-state index in [0.29, 0.717) is 6.29 Å². The van der Waals surface area contributed by atoms with Crippen LogP contribution in [-0.4, -0.2) is 58.9 Å². The quantitative estimate of drug-likeness (QED) is 0.377. The van der Waals surface area contributed by atoms with Crippen LogP contribution in [-0.2, 0) is 13.9 Å². The van der Waals surface area contributed by atoms with Crippen molar-refractivity contribution in [2.45, 2.75) is 12.1 Å². The highest BCUT2D eigenvalue weighted by Gasteiger charge is 2.24. The summed E-state index contributed by atoms with van der Waals surface area (Å²) in [5, 5.41) is 9.30. The number of carbonyl (C=O) groups is 1. The molecule has 3 N–H and O–H groups in total. The molecule has 0 aliphatic heterocycles. The van der Waals surface area contributed by atoms with Gasteiger partial charge in [0.25, 0.3) is 0 Å². The third-order valence-electron chi connectivity index (χ3n) is 1.54. The molecule has 0 spiro atoms. The lowest BCUT2D eigenvalue weighted by molar-refractivity contribution is -0.116. The van der Waals surface area contributed by atoms with Gasteiger partial charge in [-0.05, 0) is 14.1 Å². The van der Waals surface area contributed by atoms with Crippen molar-refractivity contribution in [2.24, 2.45) is 0 Å². The van der Waals surface area contributed by atoms with Gasteiger partial charge in [-0.2, -0.15) is 0 Å². The molecule has 0 unspecified atom stereocenters. The summed E-state index contributed by atoms with van der Waals surface area (Å²) in [7, 11) is -1.48. The van der Waals surface area contributed by atoms with E-state index in [9.17, 15) is 14.5 Å². The Morgan fingerprint density at radius 3 is 2.29 bits per heavy atom. The number of likely N-dealkylation sites (N-methyl/N-ethyl adjacent to an activating group) is 1. The second-order valence-electron chi connectivity index (χ2n) is 2.94. The number of nitrogens with zero attached hydrogens (tertiary/aromatic N) is 1. The summed E-state index contributed by atoms with van der Waals surface area (Å²) in [5.41, 5.74) is 0. The van der Waals surface area contributed by atoms with Crippen molar-refractivity contribution in [3.8, 4) is 0 Å². The summed E-state index contributed by atoms with van der Waals surface area (Å²) < 4.78 is 14.3. The molecule has 2 atom stereocenters. The molecule has 0 amide bonds. The first-order valence-corrected chi connectivity index (χ1v) is 5.31. The molecular weight excluding hydrogens is 213 g/mol. The van der Waals surface area contributed by atoms with Gasteiger partial charge in [0.2, 0.25) is 0 Å². The molecule has 0 aliphatic carbocycles. The van der Waals surface area contributed by atoms with E-state index in [1.54, 1.807) is 14.1 Å². The average Bonchev–Trinajstić information content (AvgIpc) is 2.00. The van der Waals surface area contributed by atoms with Gasteiger partial charge in [0.15, 0.2) is 0 Å². The number of carbonyl (C=O) groups excluding carboxylic acids is 1. The van der Waals surface area contributed by atoms with Crippen molar-refractivity contribution < 1.29 is 28.8 Å². The van der Waals surface area contributed by atoms with Gasteiger partial charge in [-0.15, -0.1) is 0 Å². The van der Waals surface area contributed by atoms with E-state index in [2.05, 4.69) is 4.52 Å². The number of aldehydes is 1. The Hall–Kier alpha value is -0.300. The SMILES string of the molecule is CN(C)[C@@H](C=O)[C@H](O)COP(=O)(O)O. The zero-order valence-corrected chi connectivity index (χ0v) is 8.79. The second-order valence-corrected chi connectivity index (χ2v) is 4.18. The number of hydrogen-bond acceptors (Lipinski definition) is 5. The van der Waals surface area contributed by atoms with Crippen LogP contribution in [0.5, 0.6) is 0 Å². The Labute approximate surface area is 81.5 Å². The van der Waals surface area contributed by atoms with E-state index in [1.807, 2.05) is 0 Å². The fraction of sp³-hybridized carbons (Fsp3) is 0.833. The van der Waals surface area contributed by atoms with Gasteiger partial charge < -0.3 is 19.7 Å². The summed E-state index contributed by atoms with van der Waals surface area (Å²) in [5.74, 6) is 0. The first-order valence-electron chi connectivity index (χ1n) is 3.78. The van der Waals surface area contributed by atoms with Gasteiger partial charge in [-0.3, -0.25) is 9.42 Å². The normalized spacial score (nSPS) is 16.7. The molecule has 0 aliphatic rings. The van der Waals surface area contributed by atoms with E-state index in [0.717, 1.165) is 0 Å². The average molecular weight is 227 g/mol. The number of phosphoric ester groups is 1. The van der Waals surface area contributed by atoms with Crippen LogP contribution in [0, 0.1) is 0 Å². The lowest BCUT2D eigenvalue weighted by Crippen LogP contribution is -2.42. The van der Waals surface area contributed by atoms with Crippen LogP contribution in [0.25, 0.3) is 0 Å². The molecule has 0 aromatic heterocycles. The third kappa shape index (κ3) is 5.43. The molecule has 0 aromatic rings. The van der Waals surface area contributed by atoms with E-state index in [-0.39, 0.29) is 0 Å². The van der Waals surface area contributed by atoms with Crippen LogP contribution < -0.4 is 0 Å². The number of aliphatic hydroxyl groups excluding tert-OH is 1. The van der Waals surface area contributed by atoms with Crippen molar-refractivity contribution in [3.05, 3.63) is 0 Å². The standard InChI is InChI=1S/C6H14NO6P/c1-7(2)5(3-8)6(9)4-13-14(10,11)12/h3,5-6,9H,4H2,1-2H3,(H2,10,11,12)/t5-,6+/m0/s1. The molecule has 8 heteroatoms. The Morgan fingerprint density at radius 1 is 1.50 bits per heavy atom. The monoisotopic (exact) mass is 227 g/mol. The van der Waals surface area contributed by atoms with Crippen molar-refractivity contribution in [1.82, 2.24) is 4.90 Å². The van der Waals surface area contributed by atoms with Crippen molar-refractivity contribution in [3.63, 3.8) is 0 Å². The predicted molar refractivity (Wildman–Crippen MR) is 47.5 cm³/mol. The molecule has 0 saturated carbocycles. The summed E-state index contributed by atoms with van der Waals surface area (Å²) >= 11 is 0. The summed E-state index contributed by atoms with van der Waals surface area (Å²) in [6, 6.07) is -0.846. The van der Waals surface area contributed by atoms with E-state index in [1.165, 1.54) is 4.90 Å². The molecule has 0 bridgehead atoms. The molecule has 0 aromatic carbocycles. The topological polar surface area (TPSA) is 107 Å². The van der Waals surface area contributed by atoms with Gasteiger partial charge >= 0.3 is 7.82 Å². The largest absolute Gasteiger partial charge is 0.469 e. The first-order chi connectivity index (χ1) is 6.28. The van der Waals surface area contributed by atoms with Crippen LogP contribution in [0.1, 0.15) is 0 Å². The van der Waals surface area contributed by atoms with Gasteiger partial charge in [-0.25, -0.2) is 4.57 Å². The zero-order chi connectivity index (χ0) is 11.4. The number of aliphatic hydroxyl groups is 1. The lowest BCUT2D eigenvalue weighted by atomic mass is 10.2. The van der Waals surface area contributed by atoms with Crippen molar-refractivity contribution in [1.29, 1.82) is 0 Å². The summed E-state index contributed by atoms with van der Waals surface area (Å²) in [4.78, 5) is 28.5. The fourth-order valence-electron chi connectivity index (χ4n) is 0.829. The van der Waals surface area contributed by atoms with Gasteiger partial charge in [0.05, 0.1) is 12.6 Å². The van der Waals surface area contributed by atoms with Gasteiger partial charge in [0.1, 0.15) is 12.4 Å². The summed E-state index contributed by atoms with van der Waals surface area (Å²) in [6.45, 7) is -0.591. The van der Waals surface area contributed by atoms with E-state index in [4.69, 9.17) is 9.79 Å². The highest BCUT2D eigenvalue weighted by Crippen LogP contribution is 2.35. The Balaban J connectivity index is 4.12. The maximum absolute atomic E-state index is 10.5. The number of rotatable bonds is 6. The maximum Gasteiger partial charge on any atom is 0.469 e. The Morgan fingerprint density at radius 2 is 2.00 bits per heavy atom. The smallest absolute Gasteiger partial charge is 0.389 e. The van der Waals surface area contributed by atoms with Crippen LogP contribution in [0.15, 0.2) is 0 Å². The van der Waals surface area contributed by atoms with Crippen LogP contribution in [0.4, 0.5) is 0 Å². The van der Waals surface area contributed by atoms with Crippen molar-refractivity contribution in [2.75, 3.05) is 20.7 Å². The fourth-order valence-corrected chi connectivity index (χ4v) is 1.18. The Kier molecular flexibility index (Phi) is 5.43. The van der Waals surface area contributed by atoms with E-state index < -0.39 is 26.6 Å². The molecule has 7 nitrogen and oxygen atoms in total. The maximum atomic E-state index is 10.5. The first kappa shape index (κ1) is 13.7. The summed E-state index contributed by atoms with van der Waals surface area (Å²) in [6.07, 6.45) is -0.789. The molecule has 84 valence electrons. The predicted octanol–water partition coefficient (Wildman–Crippen LogP) is -1.41. The van der Waals surface area contributed by atoms with E-state index >= 15 is 0 Å². The molecule has 0 fully saturated rings. The number of hydrogen-bond donors (Lipinski definition) is 3. The molecule has 0 saturated heterocycles. The zero-order valence-electron chi connectivity index (χ0n) is 7.90. The lowest BCUT2D eigenvalue weighted by Gasteiger charge is -2.23. The molecule has 14 heavy (non-hydrogen) atoms. The highest BCUT2D eigenvalue weighted by atomic mass is 31.2. The minimum absolute atomic E-state index is 0.480. The van der Waals surface area contributed by atoms with Crippen LogP contribution >= 0.6 is 7.82 Å². The minimum atomic E-state index is -4.59. The molecule has 0 radical (unpaired) electrons. The van der Waals surface area contributed by atoms with Gasteiger partial charge in [0, 0.05) is 0 Å². The second kappa shape index (κ2) is 5.55. The Bertz CT molecular complexity index is 226. The van der Waals surface area contributed by atoms with Crippen LogP contribution in [0.2, 0.25) is 0 Å². The number of phosphoric acid groups is 1. The van der Waals surface area contributed by atoms with Gasteiger partial charge in [-0.1, -0.05) is 0 Å². The van der Waals surface area contributed by atoms with Crippen molar-refractivity contribution >= 4 is 14.1 Å². The minimum Gasteiger partial charge on any atom is -0.389 e. The molecule has 0 rings (SSSR count). The third-order valence-corrected chi connectivity index (χ3v) is 2.03.